The van der Waals surface area contributed by atoms with E-state index in [-0.39, 0.29) is 0 Å². The lowest BCUT2D eigenvalue weighted by molar-refractivity contribution is 0.00830. The first-order valence-corrected chi connectivity index (χ1v) is 4.47. The molecule has 0 aromatic heterocycles. The zero-order valence-electron chi connectivity index (χ0n) is 8.82. The smallest absolute Gasteiger partial charge is 0.124 e. The zero-order valence-corrected chi connectivity index (χ0v) is 8.82. The lowest BCUT2D eigenvalue weighted by atomic mass is 10.4. The van der Waals surface area contributed by atoms with Gasteiger partial charge in [-0.2, -0.15) is 0 Å². The number of aliphatic hydroxyl groups is 1. The van der Waals surface area contributed by atoms with Crippen molar-refractivity contribution in [3.05, 3.63) is 12.8 Å². The minimum atomic E-state index is -0.434. The van der Waals surface area contributed by atoms with Gasteiger partial charge in [-0.3, -0.25) is 4.90 Å². The monoisotopic (exact) mass is 187 g/mol. The SMILES string of the molecule is C=CN(C)CC(O)N(C)CCNC. The molecule has 13 heavy (non-hydrogen) atoms. The van der Waals surface area contributed by atoms with Gasteiger partial charge in [0.2, 0.25) is 0 Å². The van der Waals surface area contributed by atoms with E-state index in [1.807, 2.05) is 30.9 Å². The zero-order chi connectivity index (χ0) is 10.3. The highest BCUT2D eigenvalue weighted by molar-refractivity contribution is 4.70. The quantitative estimate of drug-likeness (QED) is 0.529. The predicted octanol–water partition coefficient (Wildman–Crippen LogP) is -0.469. The van der Waals surface area contributed by atoms with Crippen molar-refractivity contribution in [2.24, 2.45) is 0 Å². The fraction of sp³-hybridized carbons (Fsp3) is 0.778. The van der Waals surface area contributed by atoms with Crippen LogP contribution < -0.4 is 5.32 Å². The van der Waals surface area contributed by atoms with Crippen LogP contribution in [0.25, 0.3) is 0 Å². The van der Waals surface area contributed by atoms with Crippen molar-refractivity contribution in [2.45, 2.75) is 6.23 Å². The second-order valence-electron chi connectivity index (χ2n) is 3.19. The van der Waals surface area contributed by atoms with E-state index in [4.69, 9.17) is 0 Å². The van der Waals surface area contributed by atoms with Crippen LogP contribution in [0.5, 0.6) is 0 Å². The summed E-state index contributed by atoms with van der Waals surface area (Å²) in [7, 11) is 5.69. The molecule has 0 aliphatic rings. The molecule has 0 aromatic carbocycles. The molecule has 0 aromatic rings. The average Bonchev–Trinajstić information content (AvgIpc) is 2.13. The molecule has 0 saturated carbocycles. The molecule has 0 radical (unpaired) electrons. The van der Waals surface area contributed by atoms with E-state index in [2.05, 4.69) is 11.9 Å². The minimum absolute atomic E-state index is 0.434. The number of nitrogens with zero attached hydrogens (tertiary/aromatic N) is 2. The van der Waals surface area contributed by atoms with Crippen molar-refractivity contribution >= 4 is 0 Å². The molecule has 0 bridgehead atoms. The first kappa shape index (κ1) is 12.4. The minimum Gasteiger partial charge on any atom is -0.377 e. The Morgan fingerprint density at radius 1 is 1.54 bits per heavy atom. The molecule has 78 valence electrons. The van der Waals surface area contributed by atoms with Crippen molar-refractivity contribution in [3.8, 4) is 0 Å². The van der Waals surface area contributed by atoms with Gasteiger partial charge >= 0.3 is 0 Å². The first-order valence-electron chi connectivity index (χ1n) is 4.47. The van der Waals surface area contributed by atoms with Crippen molar-refractivity contribution in [2.75, 3.05) is 40.8 Å². The maximum Gasteiger partial charge on any atom is 0.124 e. The number of hydrogen-bond donors (Lipinski definition) is 2. The van der Waals surface area contributed by atoms with Gasteiger partial charge in [-0.1, -0.05) is 6.58 Å². The van der Waals surface area contributed by atoms with E-state index in [1.165, 1.54) is 0 Å². The normalized spacial score (nSPS) is 13.0. The Labute approximate surface area is 80.8 Å². The molecular weight excluding hydrogens is 166 g/mol. The van der Waals surface area contributed by atoms with Crippen molar-refractivity contribution in [3.63, 3.8) is 0 Å². The van der Waals surface area contributed by atoms with E-state index < -0.39 is 6.23 Å². The third kappa shape index (κ3) is 5.63. The maximum absolute atomic E-state index is 9.65. The van der Waals surface area contributed by atoms with Gasteiger partial charge in [0.15, 0.2) is 0 Å². The second kappa shape index (κ2) is 6.88. The van der Waals surface area contributed by atoms with Crippen LogP contribution in [0, 0.1) is 0 Å². The second-order valence-corrected chi connectivity index (χ2v) is 3.19. The largest absolute Gasteiger partial charge is 0.377 e. The molecule has 0 saturated heterocycles. The molecule has 0 amide bonds. The summed E-state index contributed by atoms with van der Waals surface area (Å²) in [5.41, 5.74) is 0. The number of hydrogen-bond acceptors (Lipinski definition) is 4. The Kier molecular flexibility index (Phi) is 6.58. The highest BCUT2D eigenvalue weighted by Gasteiger charge is 2.10. The lowest BCUT2D eigenvalue weighted by Gasteiger charge is -2.26. The van der Waals surface area contributed by atoms with Gasteiger partial charge in [-0.15, -0.1) is 0 Å². The highest BCUT2D eigenvalue weighted by atomic mass is 16.3. The van der Waals surface area contributed by atoms with Crippen LogP contribution >= 0.6 is 0 Å². The van der Waals surface area contributed by atoms with E-state index in [1.54, 1.807) is 6.20 Å². The van der Waals surface area contributed by atoms with Crippen LogP contribution in [0.2, 0.25) is 0 Å². The number of aliphatic hydroxyl groups excluding tert-OH is 1. The van der Waals surface area contributed by atoms with Gasteiger partial charge in [0.1, 0.15) is 6.23 Å². The summed E-state index contributed by atoms with van der Waals surface area (Å²) in [6.45, 7) is 5.92. The maximum atomic E-state index is 9.65. The number of rotatable bonds is 7. The van der Waals surface area contributed by atoms with Crippen LogP contribution in [-0.4, -0.2) is 61.9 Å². The van der Waals surface area contributed by atoms with Crippen molar-refractivity contribution in [1.82, 2.24) is 15.1 Å². The van der Waals surface area contributed by atoms with Crippen molar-refractivity contribution in [1.29, 1.82) is 0 Å². The molecule has 4 heteroatoms. The Bertz CT molecular complexity index is 141. The van der Waals surface area contributed by atoms with E-state index >= 15 is 0 Å². The van der Waals surface area contributed by atoms with Gasteiger partial charge in [0, 0.05) is 20.1 Å². The Hall–Kier alpha value is -0.580. The number of nitrogens with one attached hydrogen (secondary N) is 1. The first-order chi connectivity index (χ1) is 6.11. The van der Waals surface area contributed by atoms with Gasteiger partial charge in [0.25, 0.3) is 0 Å². The van der Waals surface area contributed by atoms with Crippen LogP contribution in [0.15, 0.2) is 12.8 Å². The third-order valence-corrected chi connectivity index (χ3v) is 1.99. The highest BCUT2D eigenvalue weighted by Crippen LogP contribution is 1.94. The molecule has 0 spiro atoms. The van der Waals surface area contributed by atoms with Gasteiger partial charge < -0.3 is 15.3 Å². The van der Waals surface area contributed by atoms with Crippen molar-refractivity contribution < 1.29 is 5.11 Å². The summed E-state index contributed by atoms with van der Waals surface area (Å²) in [6, 6.07) is 0. The summed E-state index contributed by atoms with van der Waals surface area (Å²) in [4.78, 5) is 3.76. The van der Waals surface area contributed by atoms with E-state index in [0.717, 1.165) is 13.1 Å². The topological polar surface area (TPSA) is 38.7 Å². The summed E-state index contributed by atoms with van der Waals surface area (Å²) < 4.78 is 0. The summed E-state index contributed by atoms with van der Waals surface area (Å²) in [5.74, 6) is 0. The van der Waals surface area contributed by atoms with Crippen LogP contribution in [-0.2, 0) is 0 Å². The van der Waals surface area contributed by atoms with E-state index in [0.29, 0.717) is 6.54 Å². The lowest BCUT2D eigenvalue weighted by Crippen LogP contribution is -2.41. The fourth-order valence-electron chi connectivity index (χ4n) is 0.909. The summed E-state index contributed by atoms with van der Waals surface area (Å²) >= 11 is 0. The van der Waals surface area contributed by atoms with E-state index in [9.17, 15) is 5.11 Å². The Balaban J connectivity index is 3.67. The fourth-order valence-corrected chi connectivity index (χ4v) is 0.909. The summed E-state index contributed by atoms with van der Waals surface area (Å²) in [5, 5.41) is 12.7. The molecule has 0 aliphatic heterocycles. The Morgan fingerprint density at radius 3 is 2.62 bits per heavy atom. The summed E-state index contributed by atoms with van der Waals surface area (Å²) in [6.07, 6.45) is 1.27. The molecule has 0 fully saturated rings. The molecule has 1 atom stereocenters. The molecule has 2 N–H and O–H groups in total. The number of likely N-dealkylation sites (N-methyl/N-ethyl adjacent to an activating group) is 3. The Morgan fingerprint density at radius 2 is 2.15 bits per heavy atom. The third-order valence-electron chi connectivity index (χ3n) is 1.99. The molecule has 1 unspecified atom stereocenters. The van der Waals surface area contributed by atoms with Gasteiger partial charge in [0.05, 0.1) is 6.54 Å². The molecule has 0 rings (SSSR count). The van der Waals surface area contributed by atoms with Gasteiger partial charge in [-0.25, -0.2) is 0 Å². The van der Waals surface area contributed by atoms with Crippen LogP contribution in [0.4, 0.5) is 0 Å². The standard InChI is InChI=1S/C9H21N3O/c1-5-11(3)8-9(13)12(4)7-6-10-2/h5,9-10,13H,1,6-8H2,2-4H3. The molecule has 4 nitrogen and oxygen atoms in total. The average molecular weight is 187 g/mol. The van der Waals surface area contributed by atoms with Crippen LogP contribution in [0.1, 0.15) is 0 Å². The molecule has 0 heterocycles. The predicted molar refractivity (Wildman–Crippen MR) is 55.4 cm³/mol. The van der Waals surface area contributed by atoms with Crippen LogP contribution in [0.3, 0.4) is 0 Å². The van der Waals surface area contributed by atoms with Gasteiger partial charge in [-0.05, 0) is 20.3 Å². The molecule has 0 aliphatic carbocycles. The molecular formula is C9H21N3O.